The van der Waals surface area contributed by atoms with Gasteiger partial charge in [-0.1, -0.05) is 12.1 Å². The first-order valence-electron chi connectivity index (χ1n) is 13.3. The molecule has 1 saturated heterocycles. The molecule has 1 aromatic carbocycles. The number of nitrogens with two attached hydrogens (primary N) is 1. The van der Waals surface area contributed by atoms with E-state index in [0.29, 0.717) is 39.5 Å². The number of rotatable bonds is 8. The van der Waals surface area contributed by atoms with Gasteiger partial charge in [-0.2, -0.15) is 5.10 Å². The van der Waals surface area contributed by atoms with E-state index in [1.807, 2.05) is 31.2 Å². The number of methoxy groups -OCH3 is 1. The van der Waals surface area contributed by atoms with Gasteiger partial charge in [-0.3, -0.25) is 9.59 Å². The van der Waals surface area contributed by atoms with Gasteiger partial charge in [-0.05, 0) is 58.8 Å². The third-order valence-corrected chi connectivity index (χ3v) is 8.19. The van der Waals surface area contributed by atoms with Crippen LogP contribution in [0.4, 0.5) is 10.2 Å². The summed E-state index contributed by atoms with van der Waals surface area (Å²) in [6.07, 6.45) is 5.05. The van der Waals surface area contributed by atoms with E-state index in [9.17, 15) is 9.59 Å². The number of carbonyl (C=O) groups excluding carboxylic acids is 2. The highest BCUT2D eigenvalue weighted by Gasteiger charge is 2.63. The van der Waals surface area contributed by atoms with Crippen molar-refractivity contribution < 1.29 is 18.7 Å². The zero-order valence-corrected chi connectivity index (χ0v) is 24.8. The van der Waals surface area contributed by atoms with Gasteiger partial charge in [0.2, 0.25) is 0 Å². The van der Waals surface area contributed by atoms with Gasteiger partial charge in [0.1, 0.15) is 27.8 Å². The highest BCUT2D eigenvalue weighted by molar-refractivity contribution is 9.10. The number of hydrogen-bond acceptors (Lipinski definition) is 9. The van der Waals surface area contributed by atoms with Gasteiger partial charge >= 0.3 is 0 Å². The van der Waals surface area contributed by atoms with E-state index in [0.717, 1.165) is 11.1 Å². The first-order valence-corrected chi connectivity index (χ1v) is 14.0. The van der Waals surface area contributed by atoms with E-state index >= 15 is 4.39 Å². The topological polar surface area (TPSA) is 132 Å². The number of fused-ring (bicyclic) bond motifs is 1. The second-order valence-corrected chi connectivity index (χ2v) is 11.4. The van der Waals surface area contributed by atoms with E-state index in [1.165, 1.54) is 14.0 Å². The fourth-order valence-electron chi connectivity index (χ4n) is 5.85. The Morgan fingerprint density at radius 1 is 1.14 bits per heavy atom. The van der Waals surface area contributed by atoms with Crippen LogP contribution < -0.4 is 10.6 Å². The monoisotopic (exact) mass is 634 g/mol. The van der Waals surface area contributed by atoms with Gasteiger partial charge in [0.25, 0.3) is 5.91 Å². The molecule has 0 bridgehead atoms. The lowest BCUT2D eigenvalue weighted by Crippen LogP contribution is -2.67. The number of anilines is 1. The number of alkyl halides is 1. The first kappa shape index (κ1) is 27.9. The molecule has 0 aliphatic carbocycles. The standard InChI is InChI=1S/C29H28BrFN8O3/c1-17(40)26-21-11-19(20-12-33-18(2)34-13-20)7-8-22(21)39(36-26)25-9-10-37(25)29(27(32)41)14-28(31,16-42-3)15-38(29)24-6-4-5-23(30)35-24/h4-9,11-13H,10,14-16H2,1-3H3,(H2,32,41)/t28-,29-/m1/s1. The summed E-state index contributed by atoms with van der Waals surface area (Å²) in [7, 11) is 1.42. The summed E-state index contributed by atoms with van der Waals surface area (Å²) in [5, 5.41) is 5.29. The summed E-state index contributed by atoms with van der Waals surface area (Å²) >= 11 is 3.38. The van der Waals surface area contributed by atoms with Gasteiger partial charge in [0.05, 0.1) is 18.7 Å². The number of aryl methyl sites for hydroxylation is 1. The number of halogens is 2. The Morgan fingerprint density at radius 3 is 2.52 bits per heavy atom. The van der Waals surface area contributed by atoms with Crippen molar-refractivity contribution in [2.45, 2.75) is 31.6 Å². The molecular formula is C29H28BrFN8O3. The number of nitrogens with zero attached hydrogens (tertiary/aromatic N) is 7. The second-order valence-electron chi connectivity index (χ2n) is 10.6. The number of ether oxygens (including phenoxy) is 1. The van der Waals surface area contributed by atoms with E-state index in [2.05, 4.69) is 36.0 Å². The van der Waals surface area contributed by atoms with Crippen LogP contribution in [0, 0.1) is 6.92 Å². The van der Waals surface area contributed by atoms with Gasteiger partial charge in [-0.15, -0.1) is 0 Å². The van der Waals surface area contributed by atoms with Crippen molar-refractivity contribution >= 4 is 50.2 Å². The lowest BCUT2D eigenvalue weighted by molar-refractivity contribution is -0.129. The Balaban J connectivity index is 1.47. The fourth-order valence-corrected chi connectivity index (χ4v) is 6.19. The molecule has 11 nitrogen and oxygen atoms in total. The average molecular weight is 635 g/mol. The third kappa shape index (κ3) is 4.43. The fraction of sp³-hybridized carbons (Fsp3) is 0.310. The molecule has 4 aromatic rings. The second kappa shape index (κ2) is 10.2. The van der Waals surface area contributed by atoms with Crippen LogP contribution in [0.2, 0.25) is 0 Å². The van der Waals surface area contributed by atoms with Crippen molar-refractivity contribution in [3.05, 3.63) is 71.0 Å². The predicted octanol–water partition coefficient (Wildman–Crippen LogP) is 3.72. The van der Waals surface area contributed by atoms with Crippen molar-refractivity contribution in [1.29, 1.82) is 0 Å². The normalized spacial score (nSPS) is 21.9. The summed E-state index contributed by atoms with van der Waals surface area (Å²) in [5.74, 6) is 0.565. The van der Waals surface area contributed by atoms with E-state index in [1.54, 1.807) is 45.1 Å². The van der Waals surface area contributed by atoms with Crippen LogP contribution in [0.15, 0.2) is 59.5 Å². The highest BCUT2D eigenvalue weighted by atomic mass is 79.9. The number of pyridine rings is 1. The van der Waals surface area contributed by atoms with Crippen LogP contribution in [0.5, 0.6) is 0 Å². The van der Waals surface area contributed by atoms with Crippen LogP contribution >= 0.6 is 15.9 Å². The van der Waals surface area contributed by atoms with Crippen molar-refractivity contribution in [3.8, 4) is 11.1 Å². The Morgan fingerprint density at radius 2 is 1.90 bits per heavy atom. The van der Waals surface area contributed by atoms with Gasteiger partial charge in [-0.25, -0.2) is 24.0 Å². The van der Waals surface area contributed by atoms with Gasteiger partial charge < -0.3 is 20.3 Å². The summed E-state index contributed by atoms with van der Waals surface area (Å²) in [4.78, 5) is 42.6. The molecule has 216 valence electrons. The summed E-state index contributed by atoms with van der Waals surface area (Å²) in [5.41, 5.74) is 5.13. The van der Waals surface area contributed by atoms with Crippen molar-refractivity contribution in [3.63, 3.8) is 0 Å². The lowest BCUT2D eigenvalue weighted by atomic mass is 9.94. The Bertz CT molecular complexity index is 1760. The van der Waals surface area contributed by atoms with E-state index in [4.69, 9.17) is 10.5 Å². The summed E-state index contributed by atoms with van der Waals surface area (Å²) in [6.45, 7) is 3.15. The molecule has 0 spiro atoms. The molecule has 5 heterocycles. The quantitative estimate of drug-likeness (QED) is 0.227. The van der Waals surface area contributed by atoms with Gasteiger partial charge in [0.15, 0.2) is 17.1 Å². The van der Waals surface area contributed by atoms with Crippen molar-refractivity contribution in [2.75, 3.05) is 31.7 Å². The Labute approximate surface area is 249 Å². The first-order chi connectivity index (χ1) is 20.1. The van der Waals surface area contributed by atoms with Crippen LogP contribution in [0.3, 0.4) is 0 Å². The van der Waals surface area contributed by atoms with E-state index in [-0.39, 0.29) is 31.0 Å². The molecule has 1 fully saturated rings. The molecule has 0 unspecified atom stereocenters. The molecule has 13 heteroatoms. The minimum atomic E-state index is -1.89. The zero-order valence-electron chi connectivity index (χ0n) is 23.2. The number of ketones is 1. The van der Waals surface area contributed by atoms with Crippen molar-refractivity contribution in [2.24, 2.45) is 5.73 Å². The number of amides is 1. The molecule has 0 saturated carbocycles. The largest absolute Gasteiger partial charge is 0.381 e. The number of hydrogen-bond donors (Lipinski definition) is 1. The number of primary amides is 1. The third-order valence-electron chi connectivity index (χ3n) is 7.75. The lowest BCUT2D eigenvalue weighted by Gasteiger charge is -2.49. The summed E-state index contributed by atoms with van der Waals surface area (Å²) in [6, 6.07) is 10.8. The van der Waals surface area contributed by atoms with Crippen molar-refractivity contribution in [1.82, 2.24) is 29.6 Å². The maximum absolute atomic E-state index is 16.3. The number of benzene rings is 1. The minimum absolute atomic E-state index is 0.169. The van der Waals surface area contributed by atoms with Crippen LogP contribution in [-0.4, -0.2) is 79.5 Å². The molecule has 2 N–H and O–H groups in total. The number of carbonyl (C=O) groups is 2. The Kier molecular flexibility index (Phi) is 6.81. The molecule has 3 aromatic heterocycles. The highest BCUT2D eigenvalue weighted by Crippen LogP contribution is 2.47. The molecular weight excluding hydrogens is 607 g/mol. The zero-order chi connectivity index (χ0) is 29.8. The SMILES string of the molecule is COC[C@]1(F)CN(c2cccc(Br)n2)[C@](C(N)=O)(N2CC=C2n2nc(C(C)=O)c3cc(-c4cnc(C)nc4)ccc32)C1. The minimum Gasteiger partial charge on any atom is -0.381 e. The average Bonchev–Trinajstić information content (AvgIpc) is 3.45. The maximum Gasteiger partial charge on any atom is 0.264 e. The summed E-state index contributed by atoms with van der Waals surface area (Å²) < 4.78 is 23.7. The molecule has 6 rings (SSSR count). The van der Waals surface area contributed by atoms with Crippen LogP contribution in [-0.2, 0) is 9.53 Å². The molecule has 0 radical (unpaired) electrons. The smallest absolute Gasteiger partial charge is 0.264 e. The molecule has 2 atom stereocenters. The van der Waals surface area contributed by atoms with Crippen LogP contribution in [0.25, 0.3) is 27.9 Å². The van der Waals surface area contributed by atoms with E-state index < -0.39 is 17.2 Å². The maximum atomic E-state index is 16.3. The van der Waals surface area contributed by atoms with Gasteiger partial charge in [0, 0.05) is 50.3 Å². The number of Topliss-reactive ketones (excluding diaryl/α,β-unsaturated/α-hetero) is 1. The Hall–Kier alpha value is -4.23. The molecule has 1 amide bonds. The van der Waals surface area contributed by atoms with Crippen LogP contribution in [0.1, 0.15) is 29.7 Å². The predicted molar refractivity (Wildman–Crippen MR) is 158 cm³/mol. The molecule has 2 aliphatic rings. The molecule has 2 aliphatic heterocycles. The number of aromatic nitrogens is 5. The molecule has 42 heavy (non-hydrogen) atoms.